The van der Waals surface area contributed by atoms with Gasteiger partial charge in [0.15, 0.2) is 0 Å². The largest absolute Gasteiger partial charge is 0.551 e. The van der Waals surface area contributed by atoms with Crippen LogP contribution in [0.2, 0.25) is 0 Å². The van der Waals surface area contributed by atoms with E-state index in [4.69, 9.17) is 13.8 Å². The molecule has 3 aromatic heterocycles. The number of furan rings is 1. The van der Waals surface area contributed by atoms with Crippen LogP contribution in [0.5, 0.6) is 17.2 Å². The fourth-order valence-corrected chi connectivity index (χ4v) is 10.2. The lowest BCUT2D eigenvalue weighted by atomic mass is 9.50. The molecular weight excluding hydrogens is 735 g/mol. The molecule has 0 radical (unpaired) electrons. The number of aromatic nitrogens is 2. The van der Waals surface area contributed by atoms with Crippen LogP contribution in [0.1, 0.15) is 0 Å². The Morgan fingerprint density at radius 2 is 1.08 bits per heavy atom. The first-order valence-electron chi connectivity index (χ1n) is 20.4. The van der Waals surface area contributed by atoms with Crippen LogP contribution >= 0.6 is 0 Å². The molecule has 0 atom stereocenters. The summed E-state index contributed by atoms with van der Waals surface area (Å²) in [5, 5.41) is 6.95. The summed E-state index contributed by atoms with van der Waals surface area (Å²) in [6.45, 7) is -0.336. The standard InChI is InChI=1S/C54H31BN2O3/c1-7-19-43(57-44-20-8-2-14-35(44)36-15-3-9-21-45(36)57)34(13-1)32-25-27-42-50(29-32)58-51-31-33(30-41-38-17-6-12-24-49(38)60-55(42)53(41)51)56-46-22-10-4-18-40(46)52-47(56)28-26-39-37-16-5-11-23-48(37)59-54(39)52/h1-31H. The second-order valence-corrected chi connectivity index (χ2v) is 15.9. The highest BCUT2D eigenvalue weighted by Gasteiger charge is 2.41. The van der Waals surface area contributed by atoms with Gasteiger partial charge in [-0.2, -0.15) is 0 Å². The molecule has 0 fully saturated rings. The molecule has 5 heterocycles. The molecule has 14 rings (SSSR count). The summed E-state index contributed by atoms with van der Waals surface area (Å²) in [5.74, 6) is 2.44. The normalized spacial score (nSPS) is 12.9. The highest BCUT2D eigenvalue weighted by atomic mass is 16.5. The summed E-state index contributed by atoms with van der Waals surface area (Å²) in [7, 11) is 0. The first-order chi connectivity index (χ1) is 29.8. The molecule has 0 bridgehead atoms. The Morgan fingerprint density at radius 3 is 1.90 bits per heavy atom. The molecule has 0 saturated carbocycles. The van der Waals surface area contributed by atoms with Crippen LogP contribution in [-0.4, -0.2) is 16.0 Å². The zero-order valence-electron chi connectivity index (χ0n) is 32.1. The van der Waals surface area contributed by atoms with Crippen molar-refractivity contribution >= 4 is 83.4 Å². The van der Waals surface area contributed by atoms with Gasteiger partial charge in [0.25, 0.3) is 0 Å². The van der Waals surface area contributed by atoms with E-state index in [9.17, 15) is 0 Å². The van der Waals surface area contributed by atoms with Gasteiger partial charge in [-0.1, -0.05) is 121 Å². The minimum atomic E-state index is -0.336. The van der Waals surface area contributed by atoms with E-state index in [1.807, 2.05) is 12.1 Å². The molecule has 0 saturated heterocycles. The molecule has 2 aliphatic heterocycles. The Bertz CT molecular complexity index is 3760. The van der Waals surface area contributed by atoms with E-state index < -0.39 is 0 Å². The first kappa shape index (κ1) is 32.1. The van der Waals surface area contributed by atoms with E-state index in [0.29, 0.717) is 0 Å². The van der Waals surface area contributed by atoms with Crippen molar-refractivity contribution < 1.29 is 13.8 Å². The number of hydrogen-bond acceptors (Lipinski definition) is 3. The quantitative estimate of drug-likeness (QED) is 0.168. The van der Waals surface area contributed by atoms with Crippen molar-refractivity contribution in [2.75, 3.05) is 0 Å². The second kappa shape index (κ2) is 11.8. The molecule has 0 amide bonds. The third-order valence-electron chi connectivity index (χ3n) is 12.8. The van der Waals surface area contributed by atoms with Gasteiger partial charge in [0.1, 0.15) is 28.4 Å². The third-order valence-corrected chi connectivity index (χ3v) is 12.8. The summed E-state index contributed by atoms with van der Waals surface area (Å²) >= 11 is 0. The lowest BCUT2D eigenvalue weighted by Crippen LogP contribution is -2.53. The monoisotopic (exact) mass is 766 g/mol. The molecule has 0 unspecified atom stereocenters. The maximum absolute atomic E-state index is 7.13. The molecule has 12 aromatic rings. The Balaban J connectivity index is 0.978. The Kier molecular flexibility index (Phi) is 6.31. The topological polar surface area (TPSA) is 41.5 Å². The highest BCUT2D eigenvalue weighted by molar-refractivity contribution is 6.84. The van der Waals surface area contributed by atoms with Gasteiger partial charge in [-0.25, -0.2) is 0 Å². The van der Waals surface area contributed by atoms with Crippen LogP contribution in [0.25, 0.3) is 99.2 Å². The predicted octanol–water partition coefficient (Wildman–Crippen LogP) is 12.7. The summed E-state index contributed by atoms with van der Waals surface area (Å²) in [4.78, 5) is 0. The molecular formula is C54H31BN2O3. The number of benzene rings is 9. The molecule has 278 valence electrons. The number of para-hydroxylation sites is 6. The fourth-order valence-electron chi connectivity index (χ4n) is 10.2. The van der Waals surface area contributed by atoms with Crippen LogP contribution in [0, 0.1) is 0 Å². The van der Waals surface area contributed by atoms with Gasteiger partial charge in [-0.05, 0) is 71.8 Å². The van der Waals surface area contributed by atoms with Gasteiger partial charge in [0.2, 0.25) is 0 Å². The maximum Gasteiger partial charge on any atom is 0.434 e. The minimum Gasteiger partial charge on any atom is -0.551 e. The van der Waals surface area contributed by atoms with Crippen LogP contribution in [-0.2, 0) is 0 Å². The van der Waals surface area contributed by atoms with E-state index in [0.717, 1.165) is 106 Å². The molecule has 2 aliphatic rings. The molecule has 6 heteroatoms. The zero-order chi connectivity index (χ0) is 39.1. The van der Waals surface area contributed by atoms with Crippen molar-refractivity contribution in [1.29, 1.82) is 0 Å². The number of nitrogens with zero attached hydrogens (tertiary/aromatic N) is 2. The average molecular weight is 767 g/mol. The summed E-state index contributed by atoms with van der Waals surface area (Å²) in [6.07, 6.45) is 0. The third kappa shape index (κ3) is 4.26. The van der Waals surface area contributed by atoms with E-state index >= 15 is 0 Å². The maximum atomic E-state index is 7.13. The van der Waals surface area contributed by atoms with Crippen LogP contribution < -0.4 is 20.3 Å². The van der Waals surface area contributed by atoms with Gasteiger partial charge >= 0.3 is 6.92 Å². The van der Waals surface area contributed by atoms with Gasteiger partial charge < -0.3 is 22.9 Å². The van der Waals surface area contributed by atoms with Crippen molar-refractivity contribution in [2.24, 2.45) is 0 Å². The van der Waals surface area contributed by atoms with E-state index in [1.54, 1.807) is 0 Å². The SMILES string of the molecule is c1ccc2c(c1)OB1c3ccc(-c4ccccc4-n4c5ccccc5c5ccccc54)cc3Oc3cc(-n4c5ccccc5c5c6oc7ccccc7c6ccc54)cc-2c31. The molecule has 60 heavy (non-hydrogen) atoms. The van der Waals surface area contributed by atoms with Crippen molar-refractivity contribution in [3.63, 3.8) is 0 Å². The smallest absolute Gasteiger partial charge is 0.434 e. The lowest BCUT2D eigenvalue weighted by Gasteiger charge is -2.33. The van der Waals surface area contributed by atoms with E-state index in [2.05, 4.69) is 185 Å². The number of fused-ring (bicyclic) bond motifs is 14. The highest BCUT2D eigenvalue weighted by Crippen LogP contribution is 2.45. The van der Waals surface area contributed by atoms with Crippen molar-refractivity contribution in [1.82, 2.24) is 9.13 Å². The predicted molar refractivity (Wildman–Crippen MR) is 245 cm³/mol. The second-order valence-electron chi connectivity index (χ2n) is 15.9. The first-order valence-corrected chi connectivity index (χ1v) is 20.4. The van der Waals surface area contributed by atoms with Crippen molar-refractivity contribution in [2.45, 2.75) is 0 Å². The molecule has 5 nitrogen and oxygen atoms in total. The fraction of sp³-hybridized carbons (Fsp3) is 0. The molecule has 0 N–H and O–H groups in total. The minimum absolute atomic E-state index is 0.336. The van der Waals surface area contributed by atoms with Crippen molar-refractivity contribution in [3.8, 4) is 50.9 Å². The summed E-state index contributed by atoms with van der Waals surface area (Å²) in [6, 6.07) is 66.8. The Morgan fingerprint density at radius 1 is 0.417 bits per heavy atom. The number of ether oxygens (including phenoxy) is 1. The molecule has 9 aromatic carbocycles. The Hall–Kier alpha value is -7.96. The van der Waals surface area contributed by atoms with Crippen LogP contribution in [0.3, 0.4) is 0 Å². The average Bonchev–Trinajstić information content (AvgIpc) is 3.96. The van der Waals surface area contributed by atoms with Gasteiger partial charge in [0, 0.05) is 55.0 Å². The number of hydrogen-bond donors (Lipinski definition) is 0. The van der Waals surface area contributed by atoms with E-state index in [-0.39, 0.29) is 6.92 Å². The van der Waals surface area contributed by atoms with Gasteiger partial charge in [-0.15, -0.1) is 0 Å². The number of rotatable bonds is 3. The lowest BCUT2D eigenvalue weighted by molar-refractivity contribution is 0.479. The van der Waals surface area contributed by atoms with Gasteiger partial charge in [0.05, 0.1) is 38.8 Å². The molecule has 0 aliphatic carbocycles. The summed E-state index contributed by atoms with van der Waals surface area (Å²) in [5.41, 5.74) is 14.8. The summed E-state index contributed by atoms with van der Waals surface area (Å²) < 4.78 is 25.4. The van der Waals surface area contributed by atoms with Gasteiger partial charge in [-0.3, -0.25) is 0 Å². The Labute approximate surface area is 344 Å². The van der Waals surface area contributed by atoms with Crippen LogP contribution in [0.4, 0.5) is 0 Å². The van der Waals surface area contributed by atoms with Crippen molar-refractivity contribution in [3.05, 3.63) is 188 Å². The van der Waals surface area contributed by atoms with E-state index in [1.165, 1.54) is 21.8 Å². The van der Waals surface area contributed by atoms with Crippen LogP contribution in [0.15, 0.2) is 192 Å². The molecule has 0 spiro atoms. The zero-order valence-corrected chi connectivity index (χ0v) is 32.1.